The summed E-state index contributed by atoms with van der Waals surface area (Å²) < 4.78 is 0. The van der Waals surface area contributed by atoms with E-state index in [9.17, 15) is 9.90 Å². The van der Waals surface area contributed by atoms with Crippen molar-refractivity contribution < 1.29 is 9.90 Å². The summed E-state index contributed by atoms with van der Waals surface area (Å²) in [5.74, 6) is -0.133. The molecule has 0 amide bonds. The zero-order valence-electron chi connectivity index (χ0n) is 7.85. The summed E-state index contributed by atoms with van der Waals surface area (Å²) in [6.45, 7) is 7.60. The van der Waals surface area contributed by atoms with Gasteiger partial charge in [-0.1, -0.05) is 27.2 Å². The Bertz CT molecular complexity index is 138. The standard InChI is InChI=1S/C9H18O2/c1-5-9(3,4)6-8(11)7(2)10/h8,11H,5-6H2,1-4H3. The average Bonchev–Trinajstić information content (AvgIpc) is 1.87. The van der Waals surface area contributed by atoms with E-state index in [-0.39, 0.29) is 11.2 Å². The first kappa shape index (κ1) is 10.6. The topological polar surface area (TPSA) is 37.3 Å². The lowest BCUT2D eigenvalue weighted by Gasteiger charge is -2.24. The highest BCUT2D eigenvalue weighted by molar-refractivity contribution is 5.80. The summed E-state index contributed by atoms with van der Waals surface area (Å²) in [7, 11) is 0. The number of carbonyl (C=O) groups excluding carboxylic acids is 1. The minimum atomic E-state index is -0.773. The van der Waals surface area contributed by atoms with Gasteiger partial charge in [-0.05, 0) is 18.8 Å². The van der Waals surface area contributed by atoms with Crippen LogP contribution < -0.4 is 0 Å². The third kappa shape index (κ3) is 4.14. The van der Waals surface area contributed by atoms with Gasteiger partial charge in [0, 0.05) is 0 Å². The van der Waals surface area contributed by atoms with E-state index in [0.29, 0.717) is 6.42 Å². The van der Waals surface area contributed by atoms with Gasteiger partial charge in [0.05, 0.1) is 0 Å². The number of rotatable bonds is 4. The zero-order valence-corrected chi connectivity index (χ0v) is 7.85. The normalized spacial score (nSPS) is 14.6. The van der Waals surface area contributed by atoms with Gasteiger partial charge in [-0.25, -0.2) is 0 Å². The van der Waals surface area contributed by atoms with Crippen molar-refractivity contribution in [3.05, 3.63) is 0 Å². The predicted molar refractivity (Wildman–Crippen MR) is 45.4 cm³/mol. The van der Waals surface area contributed by atoms with Gasteiger partial charge in [0.1, 0.15) is 6.10 Å². The van der Waals surface area contributed by atoms with Gasteiger partial charge in [-0.2, -0.15) is 0 Å². The van der Waals surface area contributed by atoms with E-state index in [4.69, 9.17) is 0 Å². The largest absolute Gasteiger partial charge is 0.385 e. The van der Waals surface area contributed by atoms with Crippen molar-refractivity contribution in [2.45, 2.75) is 46.6 Å². The lowest BCUT2D eigenvalue weighted by atomic mass is 9.83. The number of aliphatic hydroxyl groups excluding tert-OH is 1. The Balaban J connectivity index is 3.93. The molecule has 0 heterocycles. The molecule has 0 saturated heterocycles. The minimum Gasteiger partial charge on any atom is -0.385 e. The number of hydrogen-bond donors (Lipinski definition) is 1. The second-order valence-corrected chi connectivity index (χ2v) is 3.85. The van der Waals surface area contributed by atoms with Crippen LogP contribution in [-0.2, 0) is 4.79 Å². The summed E-state index contributed by atoms with van der Waals surface area (Å²) in [5.41, 5.74) is 0.0745. The van der Waals surface area contributed by atoms with Crippen LogP contribution in [0.5, 0.6) is 0 Å². The van der Waals surface area contributed by atoms with Crippen molar-refractivity contribution in [1.82, 2.24) is 0 Å². The molecule has 0 aromatic rings. The van der Waals surface area contributed by atoms with Crippen LogP contribution in [0.4, 0.5) is 0 Å². The summed E-state index contributed by atoms with van der Waals surface area (Å²) >= 11 is 0. The van der Waals surface area contributed by atoms with Crippen molar-refractivity contribution in [3.8, 4) is 0 Å². The van der Waals surface area contributed by atoms with E-state index in [1.54, 1.807) is 0 Å². The van der Waals surface area contributed by atoms with Crippen molar-refractivity contribution in [2.24, 2.45) is 5.41 Å². The molecule has 1 atom stereocenters. The fourth-order valence-electron chi connectivity index (χ4n) is 0.811. The van der Waals surface area contributed by atoms with Gasteiger partial charge in [0.25, 0.3) is 0 Å². The third-order valence-corrected chi connectivity index (χ3v) is 2.17. The van der Waals surface area contributed by atoms with Crippen molar-refractivity contribution in [2.75, 3.05) is 0 Å². The molecule has 66 valence electrons. The summed E-state index contributed by atoms with van der Waals surface area (Å²) in [6.07, 6.45) is 0.779. The highest BCUT2D eigenvalue weighted by atomic mass is 16.3. The molecule has 0 aliphatic heterocycles. The van der Waals surface area contributed by atoms with Crippen LogP contribution >= 0.6 is 0 Å². The molecule has 0 fully saturated rings. The first-order valence-electron chi connectivity index (χ1n) is 4.07. The molecule has 0 saturated carbocycles. The Kier molecular flexibility index (Phi) is 3.73. The molecular formula is C9H18O2. The fraction of sp³-hybridized carbons (Fsp3) is 0.889. The van der Waals surface area contributed by atoms with Crippen LogP contribution in [0.3, 0.4) is 0 Å². The quantitative estimate of drug-likeness (QED) is 0.677. The lowest BCUT2D eigenvalue weighted by molar-refractivity contribution is -0.126. The zero-order chi connectivity index (χ0) is 9.07. The summed E-state index contributed by atoms with van der Waals surface area (Å²) in [5, 5.41) is 9.24. The maximum atomic E-state index is 10.7. The van der Waals surface area contributed by atoms with Crippen molar-refractivity contribution in [3.63, 3.8) is 0 Å². The molecule has 0 aliphatic carbocycles. The molecule has 0 aromatic heterocycles. The minimum absolute atomic E-state index is 0.0745. The van der Waals surface area contributed by atoms with Crippen LogP contribution in [-0.4, -0.2) is 17.0 Å². The molecule has 0 aliphatic rings. The van der Waals surface area contributed by atoms with E-state index in [2.05, 4.69) is 20.8 Å². The van der Waals surface area contributed by atoms with E-state index in [0.717, 1.165) is 6.42 Å². The number of hydrogen-bond acceptors (Lipinski definition) is 2. The second-order valence-electron chi connectivity index (χ2n) is 3.85. The van der Waals surface area contributed by atoms with Gasteiger partial charge < -0.3 is 5.11 Å². The number of Topliss-reactive ketones (excluding diaryl/α,β-unsaturated/α-hetero) is 1. The molecular weight excluding hydrogens is 140 g/mol. The van der Waals surface area contributed by atoms with E-state index in [1.807, 2.05) is 0 Å². The smallest absolute Gasteiger partial charge is 0.158 e. The Hall–Kier alpha value is -0.370. The van der Waals surface area contributed by atoms with Gasteiger partial charge in [0.2, 0.25) is 0 Å². The van der Waals surface area contributed by atoms with Crippen LogP contribution in [0.2, 0.25) is 0 Å². The predicted octanol–water partition coefficient (Wildman–Crippen LogP) is 1.76. The molecule has 11 heavy (non-hydrogen) atoms. The first-order chi connectivity index (χ1) is 4.89. The molecule has 0 spiro atoms. The Morgan fingerprint density at radius 1 is 1.55 bits per heavy atom. The van der Waals surface area contributed by atoms with Gasteiger partial charge in [-0.15, -0.1) is 0 Å². The Labute approximate surface area is 68.6 Å². The summed E-state index contributed by atoms with van der Waals surface area (Å²) in [6, 6.07) is 0. The molecule has 0 rings (SSSR count). The van der Waals surface area contributed by atoms with E-state index in [1.165, 1.54) is 6.92 Å². The molecule has 2 heteroatoms. The third-order valence-electron chi connectivity index (χ3n) is 2.17. The molecule has 2 nitrogen and oxygen atoms in total. The molecule has 0 radical (unpaired) electrons. The number of aliphatic hydroxyl groups is 1. The van der Waals surface area contributed by atoms with Gasteiger partial charge in [-0.3, -0.25) is 4.79 Å². The molecule has 0 bridgehead atoms. The maximum absolute atomic E-state index is 10.7. The van der Waals surface area contributed by atoms with E-state index >= 15 is 0 Å². The number of carbonyl (C=O) groups is 1. The van der Waals surface area contributed by atoms with Gasteiger partial charge in [0.15, 0.2) is 5.78 Å². The number of ketones is 1. The molecule has 0 aromatic carbocycles. The van der Waals surface area contributed by atoms with Crippen molar-refractivity contribution >= 4 is 5.78 Å². The molecule has 1 unspecified atom stereocenters. The molecule has 1 N–H and O–H groups in total. The maximum Gasteiger partial charge on any atom is 0.158 e. The monoisotopic (exact) mass is 158 g/mol. The Morgan fingerprint density at radius 2 is 2.00 bits per heavy atom. The average molecular weight is 158 g/mol. The van der Waals surface area contributed by atoms with Crippen molar-refractivity contribution in [1.29, 1.82) is 0 Å². The van der Waals surface area contributed by atoms with Crippen LogP contribution in [0.25, 0.3) is 0 Å². The highest BCUT2D eigenvalue weighted by Crippen LogP contribution is 2.26. The SMILES string of the molecule is CCC(C)(C)CC(O)C(C)=O. The van der Waals surface area contributed by atoms with E-state index < -0.39 is 6.10 Å². The summed E-state index contributed by atoms with van der Waals surface area (Å²) in [4.78, 5) is 10.7. The second kappa shape index (κ2) is 3.86. The van der Waals surface area contributed by atoms with Crippen LogP contribution in [0, 0.1) is 5.41 Å². The Morgan fingerprint density at radius 3 is 2.27 bits per heavy atom. The fourth-order valence-corrected chi connectivity index (χ4v) is 0.811. The first-order valence-corrected chi connectivity index (χ1v) is 4.07. The lowest BCUT2D eigenvalue weighted by Crippen LogP contribution is -2.25. The van der Waals surface area contributed by atoms with Crippen LogP contribution in [0.1, 0.15) is 40.5 Å². The van der Waals surface area contributed by atoms with Crippen LogP contribution in [0.15, 0.2) is 0 Å². The highest BCUT2D eigenvalue weighted by Gasteiger charge is 2.22. The van der Waals surface area contributed by atoms with Gasteiger partial charge >= 0.3 is 0 Å².